The third-order valence-corrected chi connectivity index (χ3v) is 3.59. The van der Waals surface area contributed by atoms with Crippen LogP contribution in [0.25, 0.3) is 0 Å². The summed E-state index contributed by atoms with van der Waals surface area (Å²) in [6.45, 7) is 3.69. The van der Waals surface area contributed by atoms with Gasteiger partial charge in [-0.1, -0.05) is 0 Å². The van der Waals surface area contributed by atoms with Gasteiger partial charge in [0.1, 0.15) is 0 Å². The van der Waals surface area contributed by atoms with E-state index in [1.54, 1.807) is 0 Å². The maximum absolute atomic E-state index is 8.88. The summed E-state index contributed by atoms with van der Waals surface area (Å²) in [7, 11) is 2.14. The van der Waals surface area contributed by atoms with Crippen LogP contribution in [-0.4, -0.2) is 60.3 Å². The van der Waals surface area contributed by atoms with Crippen LogP contribution in [0, 0.1) is 0 Å². The standard InChI is InChI=1S/C10H20N2O/c1-11(7-8-13)9-4-6-12-5-2-3-10(9)12/h9-10,13H,2-8H2,1H3. The van der Waals surface area contributed by atoms with Gasteiger partial charge < -0.3 is 5.11 Å². The van der Waals surface area contributed by atoms with Crippen LogP contribution in [0.4, 0.5) is 0 Å². The Morgan fingerprint density at radius 3 is 3.00 bits per heavy atom. The minimum absolute atomic E-state index is 0.291. The number of fused-ring (bicyclic) bond motifs is 1. The second-order valence-electron chi connectivity index (χ2n) is 4.31. The molecule has 0 aromatic carbocycles. The molecule has 76 valence electrons. The van der Waals surface area contributed by atoms with Gasteiger partial charge >= 0.3 is 0 Å². The number of aliphatic hydroxyl groups is 1. The molecule has 0 saturated carbocycles. The molecule has 0 radical (unpaired) electrons. The van der Waals surface area contributed by atoms with Gasteiger partial charge in [0.2, 0.25) is 0 Å². The summed E-state index contributed by atoms with van der Waals surface area (Å²) >= 11 is 0. The minimum atomic E-state index is 0.291. The van der Waals surface area contributed by atoms with E-state index in [0.29, 0.717) is 12.6 Å². The quantitative estimate of drug-likeness (QED) is 0.676. The van der Waals surface area contributed by atoms with E-state index in [1.807, 2.05) is 0 Å². The Morgan fingerprint density at radius 1 is 1.38 bits per heavy atom. The van der Waals surface area contributed by atoms with Crippen molar-refractivity contribution < 1.29 is 5.11 Å². The molecule has 2 fully saturated rings. The molecule has 0 aliphatic carbocycles. The largest absolute Gasteiger partial charge is 0.395 e. The van der Waals surface area contributed by atoms with Crippen LogP contribution < -0.4 is 0 Å². The molecular formula is C10H20N2O. The molecule has 2 saturated heterocycles. The van der Waals surface area contributed by atoms with Crippen LogP contribution in [0.5, 0.6) is 0 Å². The fraction of sp³-hybridized carbons (Fsp3) is 1.00. The molecule has 0 amide bonds. The van der Waals surface area contributed by atoms with Crippen molar-refractivity contribution >= 4 is 0 Å². The van der Waals surface area contributed by atoms with Gasteiger partial charge in [-0.05, 0) is 32.9 Å². The van der Waals surface area contributed by atoms with Gasteiger partial charge in [-0.2, -0.15) is 0 Å². The molecule has 13 heavy (non-hydrogen) atoms. The molecule has 0 aromatic rings. The fourth-order valence-corrected chi connectivity index (χ4v) is 2.89. The van der Waals surface area contributed by atoms with Gasteiger partial charge in [-0.3, -0.25) is 9.80 Å². The Balaban J connectivity index is 1.92. The average Bonchev–Trinajstić information content (AvgIpc) is 2.62. The van der Waals surface area contributed by atoms with E-state index >= 15 is 0 Å². The van der Waals surface area contributed by atoms with Gasteiger partial charge in [0.25, 0.3) is 0 Å². The highest BCUT2D eigenvalue weighted by Crippen LogP contribution is 2.30. The summed E-state index contributed by atoms with van der Waals surface area (Å²) in [5.41, 5.74) is 0. The lowest BCUT2D eigenvalue weighted by atomic mass is 10.1. The lowest BCUT2D eigenvalue weighted by Gasteiger charge is -2.28. The summed E-state index contributed by atoms with van der Waals surface area (Å²) in [5, 5.41) is 8.88. The van der Waals surface area contributed by atoms with Crippen LogP contribution in [-0.2, 0) is 0 Å². The molecule has 3 heteroatoms. The molecule has 1 N–H and O–H groups in total. The molecule has 2 aliphatic heterocycles. The maximum Gasteiger partial charge on any atom is 0.0558 e. The molecular weight excluding hydrogens is 164 g/mol. The lowest BCUT2D eigenvalue weighted by Crippen LogP contribution is -2.41. The van der Waals surface area contributed by atoms with E-state index in [2.05, 4.69) is 16.8 Å². The number of rotatable bonds is 3. The Morgan fingerprint density at radius 2 is 2.23 bits per heavy atom. The van der Waals surface area contributed by atoms with Gasteiger partial charge in [0.15, 0.2) is 0 Å². The summed E-state index contributed by atoms with van der Waals surface area (Å²) in [6, 6.07) is 1.49. The summed E-state index contributed by atoms with van der Waals surface area (Å²) in [6.07, 6.45) is 4.02. The van der Waals surface area contributed by atoms with E-state index in [0.717, 1.165) is 12.6 Å². The normalized spacial score (nSPS) is 34.4. The van der Waals surface area contributed by atoms with Crippen molar-refractivity contribution in [3.05, 3.63) is 0 Å². The maximum atomic E-state index is 8.88. The van der Waals surface area contributed by atoms with E-state index in [4.69, 9.17) is 5.11 Å². The van der Waals surface area contributed by atoms with Crippen LogP contribution >= 0.6 is 0 Å². The molecule has 2 unspecified atom stereocenters. The first-order valence-electron chi connectivity index (χ1n) is 5.38. The first kappa shape index (κ1) is 9.44. The van der Waals surface area contributed by atoms with Crippen molar-refractivity contribution in [2.24, 2.45) is 0 Å². The third kappa shape index (κ3) is 1.73. The Hall–Kier alpha value is -0.120. The molecule has 0 aromatic heterocycles. The van der Waals surface area contributed by atoms with Crippen molar-refractivity contribution in [2.45, 2.75) is 31.3 Å². The summed E-state index contributed by atoms with van der Waals surface area (Å²) < 4.78 is 0. The van der Waals surface area contributed by atoms with Crippen molar-refractivity contribution in [3.63, 3.8) is 0 Å². The predicted octanol–water partition coefficient (Wildman–Crippen LogP) is 0.147. The number of aliphatic hydroxyl groups excluding tert-OH is 1. The Labute approximate surface area is 80.3 Å². The van der Waals surface area contributed by atoms with Crippen LogP contribution in [0.3, 0.4) is 0 Å². The molecule has 0 bridgehead atoms. The van der Waals surface area contributed by atoms with Crippen LogP contribution in [0.1, 0.15) is 19.3 Å². The van der Waals surface area contributed by atoms with E-state index in [1.165, 1.54) is 32.4 Å². The van der Waals surface area contributed by atoms with Gasteiger partial charge in [-0.15, -0.1) is 0 Å². The molecule has 2 aliphatic rings. The predicted molar refractivity (Wildman–Crippen MR) is 52.7 cm³/mol. The highest BCUT2D eigenvalue weighted by atomic mass is 16.3. The number of hydrogen-bond acceptors (Lipinski definition) is 3. The summed E-state index contributed by atoms with van der Waals surface area (Å²) in [4.78, 5) is 4.94. The highest BCUT2D eigenvalue weighted by molar-refractivity contribution is 4.95. The van der Waals surface area contributed by atoms with Crippen molar-refractivity contribution in [3.8, 4) is 0 Å². The first-order valence-corrected chi connectivity index (χ1v) is 5.38. The van der Waals surface area contributed by atoms with Gasteiger partial charge in [0, 0.05) is 25.2 Å². The second-order valence-corrected chi connectivity index (χ2v) is 4.31. The van der Waals surface area contributed by atoms with E-state index in [-0.39, 0.29) is 0 Å². The monoisotopic (exact) mass is 184 g/mol. The molecule has 2 rings (SSSR count). The highest BCUT2D eigenvalue weighted by Gasteiger charge is 2.38. The number of nitrogens with zero attached hydrogens (tertiary/aromatic N) is 2. The molecule has 2 atom stereocenters. The van der Waals surface area contributed by atoms with Gasteiger partial charge in [0.05, 0.1) is 6.61 Å². The third-order valence-electron chi connectivity index (χ3n) is 3.59. The second kappa shape index (κ2) is 3.95. The SMILES string of the molecule is CN(CCO)C1CCN2CCCC12. The van der Waals surface area contributed by atoms with Crippen molar-refractivity contribution in [2.75, 3.05) is 33.3 Å². The molecule has 0 spiro atoms. The Kier molecular flexibility index (Phi) is 2.86. The van der Waals surface area contributed by atoms with Crippen molar-refractivity contribution in [1.82, 2.24) is 9.80 Å². The number of hydrogen-bond donors (Lipinski definition) is 1. The zero-order chi connectivity index (χ0) is 9.26. The smallest absolute Gasteiger partial charge is 0.0558 e. The van der Waals surface area contributed by atoms with Gasteiger partial charge in [-0.25, -0.2) is 0 Å². The zero-order valence-electron chi connectivity index (χ0n) is 8.45. The van der Waals surface area contributed by atoms with Crippen molar-refractivity contribution in [1.29, 1.82) is 0 Å². The van der Waals surface area contributed by atoms with E-state index < -0.39 is 0 Å². The van der Waals surface area contributed by atoms with Crippen LogP contribution in [0.2, 0.25) is 0 Å². The van der Waals surface area contributed by atoms with Crippen LogP contribution in [0.15, 0.2) is 0 Å². The Bertz CT molecular complexity index is 174. The topological polar surface area (TPSA) is 26.7 Å². The zero-order valence-corrected chi connectivity index (χ0v) is 8.45. The fourth-order valence-electron chi connectivity index (χ4n) is 2.89. The lowest BCUT2D eigenvalue weighted by molar-refractivity contribution is 0.155. The minimum Gasteiger partial charge on any atom is -0.395 e. The summed E-state index contributed by atoms with van der Waals surface area (Å²) in [5.74, 6) is 0. The molecule has 3 nitrogen and oxygen atoms in total. The van der Waals surface area contributed by atoms with E-state index in [9.17, 15) is 0 Å². The number of likely N-dealkylation sites (N-methyl/N-ethyl adjacent to an activating group) is 1. The average molecular weight is 184 g/mol. The molecule has 2 heterocycles. The first-order chi connectivity index (χ1) is 6.33.